The zero-order valence-corrected chi connectivity index (χ0v) is 10.1. The molecule has 2 aromatic rings. The summed E-state index contributed by atoms with van der Waals surface area (Å²) in [5.41, 5.74) is 0.609. The summed E-state index contributed by atoms with van der Waals surface area (Å²) in [7, 11) is 1.85. The Kier molecular flexibility index (Phi) is 3.46. The Bertz CT molecular complexity index is 501. The lowest BCUT2D eigenvalue weighted by Gasteiger charge is -2.02. The van der Waals surface area contributed by atoms with Crippen LogP contribution in [0.4, 0.5) is 4.39 Å². The number of aromatic nitrogens is 3. The van der Waals surface area contributed by atoms with Gasteiger partial charge in [0.2, 0.25) is 0 Å². The topological polar surface area (TPSA) is 30.7 Å². The van der Waals surface area contributed by atoms with Crippen molar-refractivity contribution in [3.05, 3.63) is 40.9 Å². The molecule has 0 N–H and O–H groups in total. The second-order valence-corrected chi connectivity index (χ2v) is 4.63. The average Bonchev–Trinajstić information content (AvgIpc) is 2.63. The molecule has 0 saturated carbocycles. The summed E-state index contributed by atoms with van der Waals surface area (Å²) in [5.74, 6) is 0.220. The summed E-state index contributed by atoms with van der Waals surface area (Å²) >= 11 is 7.10. The van der Waals surface area contributed by atoms with Crippen molar-refractivity contribution < 1.29 is 4.39 Å². The Morgan fingerprint density at radius 3 is 2.94 bits per heavy atom. The Labute approximate surface area is 102 Å². The van der Waals surface area contributed by atoms with Gasteiger partial charge in [-0.25, -0.2) is 4.39 Å². The molecular formula is C10H9ClFN3S. The molecule has 1 aromatic carbocycles. The number of thioether (sulfide) groups is 1. The van der Waals surface area contributed by atoms with Crippen LogP contribution in [-0.2, 0) is 12.8 Å². The lowest BCUT2D eigenvalue weighted by molar-refractivity contribution is 0.617. The average molecular weight is 258 g/mol. The van der Waals surface area contributed by atoms with Crippen LogP contribution in [0.25, 0.3) is 0 Å². The van der Waals surface area contributed by atoms with Crippen LogP contribution in [0.1, 0.15) is 5.56 Å². The Balaban J connectivity index is 2.08. The van der Waals surface area contributed by atoms with Crippen molar-refractivity contribution in [3.63, 3.8) is 0 Å². The Morgan fingerprint density at radius 2 is 2.31 bits per heavy atom. The van der Waals surface area contributed by atoms with Crippen molar-refractivity contribution in [1.82, 2.24) is 14.8 Å². The van der Waals surface area contributed by atoms with Crippen molar-refractivity contribution in [2.75, 3.05) is 0 Å². The summed E-state index contributed by atoms with van der Waals surface area (Å²) < 4.78 is 15.2. The predicted molar refractivity (Wildman–Crippen MR) is 62.0 cm³/mol. The molecule has 1 aromatic heterocycles. The third-order valence-corrected chi connectivity index (χ3v) is 3.36. The lowest BCUT2D eigenvalue weighted by Crippen LogP contribution is -1.92. The predicted octanol–water partition coefficient (Wildman–Crippen LogP) is 2.90. The van der Waals surface area contributed by atoms with Gasteiger partial charge in [-0.1, -0.05) is 29.4 Å². The molecule has 84 valence electrons. The van der Waals surface area contributed by atoms with Gasteiger partial charge < -0.3 is 4.57 Å². The number of hydrogen-bond acceptors (Lipinski definition) is 3. The van der Waals surface area contributed by atoms with Gasteiger partial charge in [0.15, 0.2) is 5.16 Å². The van der Waals surface area contributed by atoms with Crippen molar-refractivity contribution in [1.29, 1.82) is 0 Å². The highest BCUT2D eigenvalue weighted by molar-refractivity contribution is 7.98. The molecule has 0 atom stereocenters. The third kappa shape index (κ3) is 2.54. The Morgan fingerprint density at radius 1 is 1.50 bits per heavy atom. The fraction of sp³-hybridized carbons (Fsp3) is 0.200. The molecule has 3 nitrogen and oxygen atoms in total. The van der Waals surface area contributed by atoms with Gasteiger partial charge in [0.05, 0.1) is 0 Å². The molecule has 0 unspecified atom stereocenters. The Hall–Kier alpha value is -1.07. The van der Waals surface area contributed by atoms with Crippen molar-refractivity contribution in [2.45, 2.75) is 10.9 Å². The zero-order valence-electron chi connectivity index (χ0n) is 8.52. The number of nitrogens with zero attached hydrogens (tertiary/aromatic N) is 3. The molecule has 16 heavy (non-hydrogen) atoms. The molecule has 0 aliphatic rings. The summed E-state index contributed by atoms with van der Waals surface area (Å²) in [6, 6.07) is 4.67. The monoisotopic (exact) mass is 257 g/mol. The van der Waals surface area contributed by atoms with E-state index < -0.39 is 0 Å². The van der Waals surface area contributed by atoms with Crippen molar-refractivity contribution in [2.24, 2.45) is 7.05 Å². The second-order valence-electron chi connectivity index (χ2n) is 3.25. The van der Waals surface area contributed by atoms with Gasteiger partial charge in [-0.05, 0) is 17.7 Å². The highest BCUT2D eigenvalue weighted by Gasteiger charge is 2.06. The highest BCUT2D eigenvalue weighted by Crippen LogP contribution is 2.23. The van der Waals surface area contributed by atoms with Gasteiger partial charge in [-0.2, -0.15) is 0 Å². The van der Waals surface area contributed by atoms with E-state index in [4.69, 9.17) is 11.6 Å². The van der Waals surface area contributed by atoms with E-state index >= 15 is 0 Å². The molecule has 6 heteroatoms. The first-order valence-electron chi connectivity index (χ1n) is 4.57. The molecule has 0 saturated heterocycles. The van der Waals surface area contributed by atoms with Crippen LogP contribution in [0.5, 0.6) is 0 Å². The van der Waals surface area contributed by atoms with Crippen LogP contribution >= 0.6 is 23.4 Å². The summed E-state index contributed by atoms with van der Waals surface area (Å²) in [4.78, 5) is 0. The smallest absolute Gasteiger partial charge is 0.191 e. The van der Waals surface area contributed by atoms with Crippen LogP contribution in [0.2, 0.25) is 5.02 Å². The van der Waals surface area contributed by atoms with E-state index in [1.807, 2.05) is 7.05 Å². The van der Waals surface area contributed by atoms with Gasteiger partial charge in [0.1, 0.15) is 12.1 Å². The van der Waals surface area contributed by atoms with E-state index in [0.717, 1.165) is 5.16 Å². The van der Waals surface area contributed by atoms with Crippen molar-refractivity contribution >= 4 is 23.4 Å². The molecule has 1 heterocycles. The molecule has 0 aliphatic heterocycles. The van der Waals surface area contributed by atoms with Crippen LogP contribution in [-0.4, -0.2) is 14.8 Å². The first kappa shape index (κ1) is 11.4. The maximum Gasteiger partial charge on any atom is 0.191 e. The number of aryl methyl sites for hydroxylation is 1. The van der Waals surface area contributed by atoms with E-state index in [2.05, 4.69) is 10.2 Å². The maximum atomic E-state index is 13.4. The molecular weight excluding hydrogens is 249 g/mol. The van der Waals surface area contributed by atoms with Gasteiger partial charge in [0, 0.05) is 17.8 Å². The molecule has 0 bridgehead atoms. The van der Waals surface area contributed by atoms with Gasteiger partial charge in [-0.3, -0.25) is 0 Å². The van der Waals surface area contributed by atoms with Crippen LogP contribution < -0.4 is 0 Å². The quantitative estimate of drug-likeness (QED) is 0.792. The molecule has 2 rings (SSSR count). The van der Waals surface area contributed by atoms with E-state index in [1.165, 1.54) is 17.8 Å². The zero-order chi connectivity index (χ0) is 11.5. The number of rotatable bonds is 3. The van der Waals surface area contributed by atoms with E-state index in [1.54, 1.807) is 23.0 Å². The minimum atomic E-state index is -0.290. The second kappa shape index (κ2) is 4.84. The van der Waals surface area contributed by atoms with Gasteiger partial charge in [-0.15, -0.1) is 10.2 Å². The van der Waals surface area contributed by atoms with E-state index in [9.17, 15) is 4.39 Å². The van der Waals surface area contributed by atoms with E-state index in [-0.39, 0.29) is 5.82 Å². The molecule has 0 fully saturated rings. The maximum absolute atomic E-state index is 13.4. The van der Waals surface area contributed by atoms with Crippen LogP contribution in [0, 0.1) is 5.82 Å². The normalized spacial score (nSPS) is 10.7. The SMILES string of the molecule is Cn1cnnc1SCc1ccc(Cl)cc1F. The number of benzene rings is 1. The molecule has 0 amide bonds. The minimum absolute atomic E-state index is 0.290. The molecule has 0 radical (unpaired) electrons. The largest absolute Gasteiger partial charge is 0.312 e. The fourth-order valence-electron chi connectivity index (χ4n) is 1.18. The van der Waals surface area contributed by atoms with Crippen molar-refractivity contribution in [3.8, 4) is 0 Å². The first-order chi connectivity index (χ1) is 7.66. The molecule has 0 aliphatic carbocycles. The fourth-order valence-corrected chi connectivity index (χ4v) is 2.22. The van der Waals surface area contributed by atoms with Crippen LogP contribution in [0.3, 0.4) is 0 Å². The van der Waals surface area contributed by atoms with Gasteiger partial charge in [0.25, 0.3) is 0 Å². The summed E-state index contributed by atoms with van der Waals surface area (Å²) in [5, 5.41) is 8.82. The summed E-state index contributed by atoms with van der Waals surface area (Å²) in [6.07, 6.45) is 1.61. The standard InChI is InChI=1S/C10H9ClFN3S/c1-15-6-13-14-10(15)16-5-7-2-3-8(11)4-9(7)12/h2-4,6H,5H2,1H3. The lowest BCUT2D eigenvalue weighted by atomic mass is 10.2. The van der Waals surface area contributed by atoms with E-state index in [0.29, 0.717) is 16.3 Å². The first-order valence-corrected chi connectivity index (χ1v) is 5.94. The van der Waals surface area contributed by atoms with Gasteiger partial charge >= 0.3 is 0 Å². The number of halogens is 2. The summed E-state index contributed by atoms with van der Waals surface area (Å²) in [6.45, 7) is 0. The number of hydrogen-bond donors (Lipinski definition) is 0. The van der Waals surface area contributed by atoms with Crippen LogP contribution in [0.15, 0.2) is 29.7 Å². The highest BCUT2D eigenvalue weighted by atomic mass is 35.5. The molecule has 0 spiro atoms. The third-order valence-electron chi connectivity index (χ3n) is 2.04. The minimum Gasteiger partial charge on any atom is -0.312 e.